The summed E-state index contributed by atoms with van der Waals surface area (Å²) in [5.74, 6) is 0.705. The van der Waals surface area contributed by atoms with Crippen LogP contribution >= 0.6 is 11.3 Å². The highest BCUT2D eigenvalue weighted by Gasteiger charge is 2.08. The first-order valence-corrected chi connectivity index (χ1v) is 11.1. The summed E-state index contributed by atoms with van der Waals surface area (Å²) < 4.78 is 8.08. The van der Waals surface area contributed by atoms with E-state index in [-0.39, 0.29) is 10.8 Å². The van der Waals surface area contributed by atoms with Gasteiger partial charge in [0.1, 0.15) is 12.4 Å². The molecule has 7 heteroatoms. The van der Waals surface area contributed by atoms with Gasteiger partial charge in [-0.25, -0.2) is 4.98 Å². The van der Waals surface area contributed by atoms with Gasteiger partial charge in [0.15, 0.2) is 0 Å². The topological polar surface area (TPSA) is 80.1 Å². The van der Waals surface area contributed by atoms with Gasteiger partial charge in [-0.1, -0.05) is 59.9 Å². The van der Waals surface area contributed by atoms with E-state index in [9.17, 15) is 9.90 Å². The third kappa shape index (κ3) is 4.43. The van der Waals surface area contributed by atoms with Gasteiger partial charge in [0.2, 0.25) is 5.88 Å². The second kappa shape index (κ2) is 8.72. The van der Waals surface area contributed by atoms with Crippen LogP contribution in [0, 0.1) is 0 Å². The molecule has 0 bridgehead atoms. The number of thiazole rings is 1. The molecule has 0 aliphatic rings. The Morgan fingerprint density at radius 1 is 0.969 bits per heavy atom. The molecule has 0 amide bonds. The molecule has 0 aliphatic carbocycles. The van der Waals surface area contributed by atoms with Gasteiger partial charge >= 0.3 is 4.87 Å². The van der Waals surface area contributed by atoms with Gasteiger partial charge in [0, 0.05) is 13.0 Å². The monoisotopic (exact) mass is 443 g/mol. The Kier molecular flexibility index (Phi) is 5.47. The highest BCUT2D eigenvalue weighted by atomic mass is 32.1. The molecule has 5 aromatic rings. The van der Waals surface area contributed by atoms with E-state index in [1.807, 2.05) is 48.8 Å². The SMILES string of the molecule is O=c1[nH]c(O)c(Cc2ccc(OCc3ccc4c(c3)ncn4Cc3ccccc3)cc2)s1. The lowest BCUT2D eigenvalue weighted by molar-refractivity contribution is 0.306. The van der Waals surface area contributed by atoms with Crippen LogP contribution in [0.1, 0.15) is 21.6 Å². The number of nitrogens with one attached hydrogen (secondary N) is 1. The van der Waals surface area contributed by atoms with Gasteiger partial charge < -0.3 is 14.4 Å². The lowest BCUT2D eigenvalue weighted by Gasteiger charge is -2.08. The minimum absolute atomic E-state index is 0.0538. The van der Waals surface area contributed by atoms with E-state index < -0.39 is 0 Å². The van der Waals surface area contributed by atoms with E-state index in [4.69, 9.17) is 4.74 Å². The predicted octanol–water partition coefficient (Wildman–Crippen LogP) is 4.71. The largest absolute Gasteiger partial charge is 0.494 e. The lowest BCUT2D eigenvalue weighted by atomic mass is 10.1. The summed E-state index contributed by atoms with van der Waals surface area (Å²) in [7, 11) is 0. The second-order valence-corrected chi connectivity index (χ2v) is 8.64. The normalized spacial score (nSPS) is 11.1. The molecule has 0 saturated heterocycles. The molecule has 6 nitrogen and oxygen atoms in total. The minimum atomic E-state index is -0.251. The lowest BCUT2D eigenvalue weighted by Crippen LogP contribution is -1.98. The van der Waals surface area contributed by atoms with Crippen molar-refractivity contribution in [3.05, 3.63) is 110 Å². The molecule has 0 atom stereocenters. The van der Waals surface area contributed by atoms with E-state index in [0.29, 0.717) is 17.9 Å². The molecule has 0 saturated carbocycles. The third-order valence-electron chi connectivity index (χ3n) is 5.28. The van der Waals surface area contributed by atoms with Gasteiger partial charge in [0.05, 0.1) is 22.2 Å². The zero-order valence-electron chi connectivity index (χ0n) is 17.2. The van der Waals surface area contributed by atoms with E-state index in [1.54, 1.807) is 0 Å². The second-order valence-electron chi connectivity index (χ2n) is 7.58. The first kappa shape index (κ1) is 20.1. The minimum Gasteiger partial charge on any atom is -0.494 e. The Balaban J connectivity index is 1.23. The van der Waals surface area contributed by atoms with Crippen LogP contribution < -0.4 is 9.61 Å². The maximum absolute atomic E-state index is 11.3. The molecule has 5 rings (SSSR count). The van der Waals surface area contributed by atoms with Crippen molar-refractivity contribution in [1.29, 1.82) is 0 Å². The molecular weight excluding hydrogens is 422 g/mol. The first-order chi connectivity index (χ1) is 15.6. The summed E-state index contributed by atoms with van der Waals surface area (Å²) in [4.78, 5) is 18.6. The summed E-state index contributed by atoms with van der Waals surface area (Å²) in [6.45, 7) is 1.23. The fourth-order valence-electron chi connectivity index (χ4n) is 3.63. The van der Waals surface area contributed by atoms with E-state index >= 15 is 0 Å². The number of rotatable bonds is 7. The molecule has 0 unspecified atom stereocenters. The summed E-state index contributed by atoms with van der Waals surface area (Å²) in [5.41, 5.74) is 5.32. The zero-order valence-corrected chi connectivity index (χ0v) is 18.0. The Bertz CT molecular complexity index is 1400. The molecule has 0 spiro atoms. The Morgan fingerprint density at radius 2 is 1.75 bits per heavy atom. The Labute approximate surface area is 188 Å². The summed E-state index contributed by atoms with van der Waals surface area (Å²) in [5, 5.41) is 9.73. The number of ether oxygens (including phenoxy) is 1. The van der Waals surface area contributed by atoms with Crippen molar-refractivity contribution in [3.63, 3.8) is 0 Å². The number of hydrogen-bond donors (Lipinski definition) is 2. The van der Waals surface area contributed by atoms with E-state index in [1.165, 1.54) is 5.56 Å². The maximum atomic E-state index is 11.3. The average Bonchev–Trinajstić information content (AvgIpc) is 3.35. The van der Waals surface area contributed by atoms with Gasteiger partial charge in [-0.05, 0) is 41.0 Å². The van der Waals surface area contributed by atoms with Crippen molar-refractivity contribution in [2.24, 2.45) is 0 Å². The van der Waals surface area contributed by atoms with Crippen LogP contribution in [0.25, 0.3) is 11.0 Å². The number of fused-ring (bicyclic) bond motifs is 1. The number of H-pyrrole nitrogens is 1. The number of nitrogens with zero attached hydrogens (tertiary/aromatic N) is 2. The van der Waals surface area contributed by atoms with Gasteiger partial charge in [-0.15, -0.1) is 0 Å². The molecule has 2 heterocycles. The summed E-state index contributed by atoms with van der Waals surface area (Å²) in [6.07, 6.45) is 2.37. The Morgan fingerprint density at radius 3 is 2.50 bits per heavy atom. The van der Waals surface area contributed by atoms with Crippen molar-refractivity contribution in [2.75, 3.05) is 0 Å². The Hall–Kier alpha value is -3.84. The highest BCUT2D eigenvalue weighted by Crippen LogP contribution is 2.23. The van der Waals surface area contributed by atoms with Crippen LogP contribution in [0.3, 0.4) is 0 Å². The highest BCUT2D eigenvalue weighted by molar-refractivity contribution is 7.09. The molecule has 0 radical (unpaired) electrons. The zero-order chi connectivity index (χ0) is 21.9. The van der Waals surface area contributed by atoms with Crippen molar-refractivity contribution in [2.45, 2.75) is 19.6 Å². The van der Waals surface area contributed by atoms with Crippen molar-refractivity contribution < 1.29 is 9.84 Å². The van der Waals surface area contributed by atoms with Crippen LogP contribution in [0.15, 0.2) is 83.9 Å². The van der Waals surface area contributed by atoms with Crippen molar-refractivity contribution in [3.8, 4) is 11.6 Å². The van der Waals surface area contributed by atoms with Gasteiger partial charge in [-0.3, -0.25) is 9.78 Å². The molecule has 160 valence electrons. The molecular formula is C25H21N3O3S. The third-order valence-corrected chi connectivity index (χ3v) is 6.15. The number of aromatic hydroxyl groups is 1. The number of aromatic amines is 1. The van der Waals surface area contributed by atoms with Gasteiger partial charge in [-0.2, -0.15) is 0 Å². The standard InChI is InChI=1S/C25H21N3O3S/c29-24-23(32-25(30)27-24)13-17-6-9-20(10-7-17)31-15-19-8-11-22-21(12-19)26-16-28(22)14-18-4-2-1-3-5-18/h1-12,16,29H,13-15H2,(H,27,30). The van der Waals surface area contributed by atoms with E-state index in [0.717, 1.165) is 45.8 Å². The van der Waals surface area contributed by atoms with Crippen molar-refractivity contribution in [1.82, 2.24) is 14.5 Å². The fraction of sp³-hybridized carbons (Fsp3) is 0.120. The molecule has 32 heavy (non-hydrogen) atoms. The molecule has 2 N–H and O–H groups in total. The quantitative estimate of drug-likeness (QED) is 0.382. The number of benzene rings is 3. The maximum Gasteiger partial charge on any atom is 0.307 e. The molecule has 0 fully saturated rings. The molecule has 3 aromatic carbocycles. The van der Waals surface area contributed by atoms with E-state index in [2.05, 4.69) is 44.9 Å². The first-order valence-electron chi connectivity index (χ1n) is 10.2. The van der Waals surface area contributed by atoms with Crippen LogP contribution in [-0.2, 0) is 19.6 Å². The van der Waals surface area contributed by atoms with Crippen LogP contribution in [0.5, 0.6) is 11.6 Å². The molecule has 2 aromatic heterocycles. The summed E-state index contributed by atoms with van der Waals surface area (Å²) >= 11 is 1.02. The fourth-order valence-corrected chi connectivity index (χ4v) is 4.39. The number of aromatic nitrogens is 3. The molecule has 0 aliphatic heterocycles. The summed E-state index contributed by atoms with van der Waals surface area (Å²) in [6, 6.07) is 24.2. The van der Waals surface area contributed by atoms with Gasteiger partial charge in [0.25, 0.3) is 0 Å². The van der Waals surface area contributed by atoms with Crippen LogP contribution in [0.2, 0.25) is 0 Å². The smallest absolute Gasteiger partial charge is 0.307 e. The average molecular weight is 444 g/mol. The number of hydrogen-bond acceptors (Lipinski definition) is 5. The number of imidazole rings is 1. The predicted molar refractivity (Wildman–Crippen MR) is 125 cm³/mol. The van der Waals surface area contributed by atoms with Crippen LogP contribution in [0.4, 0.5) is 0 Å². The van der Waals surface area contributed by atoms with Crippen molar-refractivity contribution >= 4 is 22.4 Å². The van der Waals surface area contributed by atoms with Crippen LogP contribution in [-0.4, -0.2) is 19.6 Å².